The smallest absolute Gasteiger partial charge is 0.133 e. The Hall–Kier alpha value is -1.00. The lowest BCUT2D eigenvalue weighted by atomic mass is 10.1. The van der Waals surface area contributed by atoms with Gasteiger partial charge >= 0.3 is 0 Å². The van der Waals surface area contributed by atoms with Gasteiger partial charge in [-0.2, -0.15) is 0 Å². The van der Waals surface area contributed by atoms with Crippen molar-refractivity contribution in [3.63, 3.8) is 0 Å². The number of aromatic nitrogens is 1. The van der Waals surface area contributed by atoms with Crippen molar-refractivity contribution in [2.24, 2.45) is 0 Å². The van der Waals surface area contributed by atoms with Gasteiger partial charge in [-0.1, -0.05) is 25.4 Å². The second-order valence-electron chi connectivity index (χ2n) is 4.82. The minimum atomic E-state index is 0.362. The number of nitrogens with one attached hydrogen (secondary N) is 1. The first-order valence-corrected chi connectivity index (χ1v) is 7.34. The van der Waals surface area contributed by atoms with Crippen molar-refractivity contribution in [2.75, 3.05) is 30.7 Å². The summed E-state index contributed by atoms with van der Waals surface area (Å²) in [6.07, 6.45) is 2.27. The number of halogens is 1. The lowest BCUT2D eigenvalue weighted by molar-refractivity contribution is 0.295. The molecule has 1 aromatic rings. The van der Waals surface area contributed by atoms with E-state index in [4.69, 9.17) is 17.3 Å². The zero-order valence-electron chi connectivity index (χ0n) is 12.1. The van der Waals surface area contributed by atoms with Crippen LogP contribution in [0.3, 0.4) is 0 Å². The Morgan fingerprint density at radius 1 is 1.37 bits per heavy atom. The Bertz CT molecular complexity index is 359. The SMILES string of the molecule is CCN(CC)CCCC(C)Nc1cc(N)cc(Cl)n1. The Labute approximate surface area is 121 Å². The minimum absolute atomic E-state index is 0.362. The van der Waals surface area contributed by atoms with Crippen molar-refractivity contribution >= 4 is 23.1 Å². The fourth-order valence-electron chi connectivity index (χ4n) is 2.08. The molecule has 0 aliphatic rings. The Kier molecular flexibility index (Phi) is 6.95. The van der Waals surface area contributed by atoms with Gasteiger partial charge in [-0.15, -0.1) is 0 Å². The summed E-state index contributed by atoms with van der Waals surface area (Å²) >= 11 is 5.88. The number of nitrogens with two attached hydrogens (primary N) is 1. The average molecular weight is 285 g/mol. The molecule has 1 aromatic heterocycles. The van der Waals surface area contributed by atoms with E-state index in [1.54, 1.807) is 6.07 Å². The highest BCUT2D eigenvalue weighted by molar-refractivity contribution is 6.29. The molecule has 0 spiro atoms. The molecule has 3 N–H and O–H groups in total. The molecule has 4 nitrogen and oxygen atoms in total. The van der Waals surface area contributed by atoms with Crippen molar-refractivity contribution in [2.45, 2.75) is 39.7 Å². The van der Waals surface area contributed by atoms with Crippen molar-refractivity contribution in [3.8, 4) is 0 Å². The molecule has 0 aliphatic heterocycles. The Morgan fingerprint density at radius 3 is 2.63 bits per heavy atom. The third-order valence-corrected chi connectivity index (χ3v) is 3.41. The summed E-state index contributed by atoms with van der Waals surface area (Å²) in [5, 5.41) is 3.77. The van der Waals surface area contributed by atoms with Crippen molar-refractivity contribution < 1.29 is 0 Å². The molecule has 0 radical (unpaired) electrons. The van der Waals surface area contributed by atoms with Gasteiger partial charge in [0.2, 0.25) is 0 Å². The summed E-state index contributed by atoms with van der Waals surface area (Å²) in [6, 6.07) is 3.82. The molecule has 108 valence electrons. The molecule has 0 saturated heterocycles. The van der Waals surface area contributed by atoms with Crippen LogP contribution in [0.5, 0.6) is 0 Å². The van der Waals surface area contributed by atoms with Crippen LogP contribution in [0.2, 0.25) is 5.15 Å². The van der Waals surface area contributed by atoms with Gasteiger partial charge in [0, 0.05) is 17.8 Å². The quantitative estimate of drug-likeness (QED) is 0.720. The lowest BCUT2D eigenvalue weighted by Gasteiger charge is -2.20. The molecule has 0 aliphatic carbocycles. The van der Waals surface area contributed by atoms with Crippen molar-refractivity contribution in [3.05, 3.63) is 17.3 Å². The molecule has 0 bridgehead atoms. The number of pyridine rings is 1. The molecule has 1 rings (SSSR count). The zero-order chi connectivity index (χ0) is 14.3. The molecule has 19 heavy (non-hydrogen) atoms. The predicted octanol–water partition coefficient (Wildman–Crippen LogP) is 3.24. The van der Waals surface area contributed by atoms with Crippen LogP contribution >= 0.6 is 11.6 Å². The standard InChI is InChI=1S/C14H25ClN4/c1-4-19(5-2)8-6-7-11(3)17-14-10-12(16)9-13(15)18-14/h9-11H,4-8H2,1-3H3,(H3,16,17,18). The molecule has 1 atom stereocenters. The number of anilines is 2. The lowest BCUT2D eigenvalue weighted by Crippen LogP contribution is -2.25. The summed E-state index contributed by atoms with van der Waals surface area (Å²) in [4.78, 5) is 6.65. The minimum Gasteiger partial charge on any atom is -0.399 e. The first kappa shape index (κ1) is 16.1. The van der Waals surface area contributed by atoms with Crippen LogP contribution in [-0.4, -0.2) is 35.6 Å². The Morgan fingerprint density at radius 2 is 2.05 bits per heavy atom. The molecular formula is C14H25ClN4. The van der Waals surface area contributed by atoms with E-state index < -0.39 is 0 Å². The largest absolute Gasteiger partial charge is 0.399 e. The number of hydrogen-bond donors (Lipinski definition) is 2. The van der Waals surface area contributed by atoms with E-state index in [-0.39, 0.29) is 0 Å². The van der Waals surface area contributed by atoms with Gasteiger partial charge in [-0.3, -0.25) is 0 Å². The average Bonchev–Trinajstić information content (AvgIpc) is 2.33. The van der Waals surface area contributed by atoms with E-state index in [2.05, 4.69) is 36.0 Å². The first-order chi connectivity index (χ1) is 9.05. The fourth-order valence-corrected chi connectivity index (χ4v) is 2.29. The maximum Gasteiger partial charge on any atom is 0.133 e. The number of nitrogen functional groups attached to an aromatic ring is 1. The van der Waals surface area contributed by atoms with Crippen LogP contribution < -0.4 is 11.1 Å². The number of hydrogen-bond acceptors (Lipinski definition) is 4. The molecule has 0 saturated carbocycles. The second-order valence-corrected chi connectivity index (χ2v) is 5.21. The highest BCUT2D eigenvalue weighted by Gasteiger charge is 2.06. The van der Waals surface area contributed by atoms with Gasteiger partial charge < -0.3 is 16.0 Å². The van der Waals surface area contributed by atoms with Crippen LogP contribution in [0.25, 0.3) is 0 Å². The van der Waals surface area contributed by atoms with E-state index in [0.29, 0.717) is 16.9 Å². The summed E-state index contributed by atoms with van der Waals surface area (Å²) in [7, 11) is 0. The summed E-state index contributed by atoms with van der Waals surface area (Å²) in [5.41, 5.74) is 6.38. The molecule has 1 unspecified atom stereocenters. The van der Waals surface area contributed by atoms with Gasteiger partial charge in [0.25, 0.3) is 0 Å². The maximum atomic E-state index is 5.88. The number of rotatable bonds is 8. The molecule has 0 fully saturated rings. The van der Waals surface area contributed by atoms with Gasteiger partial charge in [-0.25, -0.2) is 4.98 Å². The highest BCUT2D eigenvalue weighted by atomic mass is 35.5. The normalized spacial score (nSPS) is 12.7. The third kappa shape index (κ3) is 6.12. The van der Waals surface area contributed by atoms with E-state index in [9.17, 15) is 0 Å². The fraction of sp³-hybridized carbons (Fsp3) is 0.643. The van der Waals surface area contributed by atoms with Crippen molar-refractivity contribution in [1.82, 2.24) is 9.88 Å². The van der Waals surface area contributed by atoms with E-state index in [0.717, 1.165) is 31.9 Å². The van der Waals surface area contributed by atoms with Crippen molar-refractivity contribution in [1.29, 1.82) is 0 Å². The van der Waals surface area contributed by atoms with Crippen LogP contribution in [0.1, 0.15) is 33.6 Å². The summed E-state index contributed by atoms with van der Waals surface area (Å²) < 4.78 is 0. The van der Waals surface area contributed by atoms with Gasteiger partial charge in [0.1, 0.15) is 11.0 Å². The van der Waals surface area contributed by atoms with E-state index in [1.165, 1.54) is 6.42 Å². The van der Waals surface area contributed by atoms with Crippen LogP contribution in [-0.2, 0) is 0 Å². The second kappa shape index (κ2) is 8.23. The molecule has 0 aromatic carbocycles. The molecular weight excluding hydrogens is 260 g/mol. The van der Waals surface area contributed by atoms with Crippen LogP contribution in [0, 0.1) is 0 Å². The van der Waals surface area contributed by atoms with E-state index >= 15 is 0 Å². The van der Waals surface area contributed by atoms with Gasteiger partial charge in [0.05, 0.1) is 0 Å². The number of nitrogens with zero attached hydrogens (tertiary/aromatic N) is 2. The van der Waals surface area contributed by atoms with Gasteiger partial charge in [-0.05, 0) is 45.5 Å². The van der Waals surface area contributed by atoms with Crippen LogP contribution in [0.4, 0.5) is 11.5 Å². The van der Waals surface area contributed by atoms with E-state index in [1.807, 2.05) is 6.07 Å². The Balaban J connectivity index is 2.36. The van der Waals surface area contributed by atoms with Crippen LogP contribution in [0.15, 0.2) is 12.1 Å². The molecule has 5 heteroatoms. The maximum absolute atomic E-state index is 5.88. The first-order valence-electron chi connectivity index (χ1n) is 6.97. The highest BCUT2D eigenvalue weighted by Crippen LogP contribution is 2.17. The van der Waals surface area contributed by atoms with Gasteiger partial charge in [0.15, 0.2) is 0 Å². The summed E-state index contributed by atoms with van der Waals surface area (Å²) in [5.74, 6) is 0.750. The third-order valence-electron chi connectivity index (χ3n) is 3.22. The summed E-state index contributed by atoms with van der Waals surface area (Å²) in [6.45, 7) is 9.92. The predicted molar refractivity (Wildman–Crippen MR) is 83.8 cm³/mol. The monoisotopic (exact) mass is 284 g/mol. The zero-order valence-corrected chi connectivity index (χ0v) is 12.9. The topological polar surface area (TPSA) is 54.2 Å². The molecule has 0 amide bonds. The molecule has 1 heterocycles.